The van der Waals surface area contributed by atoms with Crippen molar-refractivity contribution in [2.45, 2.75) is 32.4 Å². The van der Waals surface area contributed by atoms with E-state index in [9.17, 15) is 14.7 Å². The van der Waals surface area contributed by atoms with E-state index in [1.54, 1.807) is 12.1 Å². The van der Waals surface area contributed by atoms with Crippen molar-refractivity contribution < 1.29 is 19.4 Å². The second kappa shape index (κ2) is 13.0. The topological polar surface area (TPSA) is 87.7 Å². The summed E-state index contributed by atoms with van der Waals surface area (Å²) >= 11 is 13.2. The molecule has 0 spiro atoms. The first kappa shape index (κ1) is 27.0. The number of benzene rings is 3. The van der Waals surface area contributed by atoms with Gasteiger partial charge in [-0.25, -0.2) is 4.79 Å². The van der Waals surface area contributed by atoms with Crippen LogP contribution in [0.4, 0.5) is 5.69 Å². The van der Waals surface area contributed by atoms with Crippen molar-refractivity contribution in [2.24, 2.45) is 0 Å². The van der Waals surface area contributed by atoms with E-state index in [-0.39, 0.29) is 18.7 Å². The second-order valence-corrected chi connectivity index (χ2v) is 10.0. The number of carbonyl (C=O) groups excluding carboxylic acids is 1. The Morgan fingerprint density at radius 1 is 1.00 bits per heavy atom. The fraction of sp³-hybridized carbons (Fsp3) is 0.231. The molecule has 184 valence electrons. The molecule has 3 aromatic carbocycles. The first-order valence-electron chi connectivity index (χ1n) is 10.9. The summed E-state index contributed by atoms with van der Waals surface area (Å²) in [6.07, 6.45) is 0.234. The maximum atomic E-state index is 12.6. The zero-order chi connectivity index (χ0) is 25.4. The molecule has 1 amide bonds. The lowest BCUT2D eigenvalue weighted by molar-refractivity contribution is -0.141. The molecule has 0 fully saturated rings. The predicted octanol–water partition coefficient (Wildman–Crippen LogP) is 6.23. The third-order valence-electron chi connectivity index (χ3n) is 5.06. The van der Waals surface area contributed by atoms with Crippen LogP contribution in [0.5, 0.6) is 5.75 Å². The number of amides is 1. The molecule has 0 saturated heterocycles. The number of ether oxygens (including phenoxy) is 1. The highest BCUT2D eigenvalue weighted by Gasteiger charge is 2.21. The van der Waals surface area contributed by atoms with Crippen molar-refractivity contribution in [2.75, 3.05) is 11.9 Å². The highest BCUT2D eigenvalue weighted by atomic mass is 79.9. The van der Waals surface area contributed by atoms with Gasteiger partial charge in [-0.2, -0.15) is 0 Å². The van der Waals surface area contributed by atoms with Gasteiger partial charge in [0.25, 0.3) is 0 Å². The number of anilines is 1. The van der Waals surface area contributed by atoms with E-state index in [1.807, 2.05) is 55.5 Å². The molecule has 3 N–H and O–H groups in total. The maximum absolute atomic E-state index is 12.6. The fourth-order valence-electron chi connectivity index (χ4n) is 3.53. The zero-order valence-corrected chi connectivity index (χ0v) is 22.9. The molecule has 0 saturated carbocycles. The molecule has 0 heterocycles. The summed E-state index contributed by atoms with van der Waals surface area (Å²) in [5.74, 6) is -0.867. The molecule has 3 aromatic rings. The Bertz CT molecular complexity index is 1170. The van der Waals surface area contributed by atoms with Crippen LogP contribution in [-0.4, -0.2) is 29.6 Å². The zero-order valence-electron chi connectivity index (χ0n) is 19.0. The van der Waals surface area contributed by atoms with Crippen molar-refractivity contribution in [1.82, 2.24) is 5.32 Å². The fourth-order valence-corrected chi connectivity index (χ4v) is 5.30. The van der Waals surface area contributed by atoms with Gasteiger partial charge in [-0.1, -0.05) is 41.9 Å². The van der Waals surface area contributed by atoms with Gasteiger partial charge in [-0.05, 0) is 85.8 Å². The van der Waals surface area contributed by atoms with E-state index in [0.717, 1.165) is 23.4 Å². The Kier molecular flexibility index (Phi) is 10.0. The molecule has 0 aliphatic carbocycles. The summed E-state index contributed by atoms with van der Waals surface area (Å²) in [6, 6.07) is 17.4. The van der Waals surface area contributed by atoms with Crippen molar-refractivity contribution >= 4 is 61.0 Å². The minimum absolute atomic E-state index is 0.0242. The molecule has 9 heteroatoms. The van der Waals surface area contributed by atoms with Gasteiger partial charge < -0.3 is 20.5 Å². The molecule has 0 unspecified atom stereocenters. The molecular weight excluding hydrogens is 600 g/mol. The number of hydrogen-bond acceptors (Lipinski definition) is 4. The minimum Gasteiger partial charge on any atom is -0.487 e. The Morgan fingerprint density at radius 2 is 1.69 bits per heavy atom. The Hall–Kier alpha value is -2.55. The van der Waals surface area contributed by atoms with Crippen LogP contribution in [0.1, 0.15) is 23.6 Å². The summed E-state index contributed by atoms with van der Waals surface area (Å²) in [4.78, 5) is 24.3. The summed E-state index contributed by atoms with van der Waals surface area (Å²) < 4.78 is 7.34. The van der Waals surface area contributed by atoms with Crippen LogP contribution in [0, 0.1) is 0 Å². The number of carbonyl (C=O) groups is 2. The number of carboxylic acid groups (broad SMARTS) is 1. The summed E-state index contributed by atoms with van der Waals surface area (Å²) in [6.45, 7) is 3.10. The highest BCUT2D eigenvalue weighted by Crippen LogP contribution is 2.36. The first-order chi connectivity index (χ1) is 16.7. The van der Waals surface area contributed by atoms with Crippen LogP contribution < -0.4 is 15.4 Å². The van der Waals surface area contributed by atoms with E-state index >= 15 is 0 Å². The van der Waals surface area contributed by atoms with Gasteiger partial charge in [0.1, 0.15) is 18.4 Å². The third-order valence-corrected chi connectivity index (χ3v) is 6.46. The van der Waals surface area contributed by atoms with E-state index in [4.69, 9.17) is 16.3 Å². The molecule has 0 radical (unpaired) electrons. The molecule has 0 aliphatic rings. The monoisotopic (exact) mass is 622 g/mol. The van der Waals surface area contributed by atoms with Crippen LogP contribution in [0.15, 0.2) is 69.6 Å². The highest BCUT2D eigenvalue weighted by molar-refractivity contribution is 9.11. The van der Waals surface area contributed by atoms with Gasteiger partial charge in [0.2, 0.25) is 5.91 Å². The number of halogens is 3. The molecule has 35 heavy (non-hydrogen) atoms. The van der Waals surface area contributed by atoms with Gasteiger partial charge in [0.05, 0.1) is 15.4 Å². The van der Waals surface area contributed by atoms with Crippen molar-refractivity contribution in [3.05, 3.63) is 91.3 Å². The second-order valence-electron chi connectivity index (χ2n) is 7.88. The summed E-state index contributed by atoms with van der Waals surface area (Å²) in [5, 5.41) is 16.0. The Labute approximate surface area is 226 Å². The van der Waals surface area contributed by atoms with E-state index < -0.39 is 12.0 Å². The Morgan fingerprint density at radius 3 is 2.31 bits per heavy atom. The van der Waals surface area contributed by atoms with Crippen molar-refractivity contribution in [3.8, 4) is 5.75 Å². The normalized spacial score (nSPS) is 11.5. The number of aliphatic carboxylic acids is 1. The number of nitrogens with one attached hydrogen (secondary N) is 2. The Balaban J connectivity index is 1.64. The summed E-state index contributed by atoms with van der Waals surface area (Å²) in [7, 11) is 0. The smallest absolute Gasteiger partial charge is 0.326 e. The van der Waals surface area contributed by atoms with Gasteiger partial charge in [-0.3, -0.25) is 4.79 Å². The van der Waals surface area contributed by atoms with E-state index in [2.05, 4.69) is 42.5 Å². The number of hydrogen-bond donors (Lipinski definition) is 3. The first-order valence-corrected chi connectivity index (χ1v) is 12.9. The lowest BCUT2D eigenvalue weighted by Gasteiger charge is -2.16. The van der Waals surface area contributed by atoms with Gasteiger partial charge in [0, 0.05) is 23.7 Å². The molecule has 0 bridgehead atoms. The minimum atomic E-state index is -1.08. The van der Waals surface area contributed by atoms with Crippen LogP contribution in [0.2, 0.25) is 5.02 Å². The molecule has 3 rings (SSSR count). The number of rotatable bonds is 11. The van der Waals surface area contributed by atoms with Gasteiger partial charge in [-0.15, -0.1) is 0 Å². The quantitative estimate of drug-likeness (QED) is 0.236. The van der Waals surface area contributed by atoms with Gasteiger partial charge in [0.15, 0.2) is 0 Å². The lowest BCUT2D eigenvalue weighted by Crippen LogP contribution is -2.43. The van der Waals surface area contributed by atoms with E-state index in [1.165, 1.54) is 0 Å². The molecule has 6 nitrogen and oxygen atoms in total. The average Bonchev–Trinajstić information content (AvgIpc) is 2.78. The average molecular weight is 625 g/mol. The summed E-state index contributed by atoms with van der Waals surface area (Å²) in [5.41, 5.74) is 3.37. The van der Waals surface area contributed by atoms with Crippen LogP contribution in [0.3, 0.4) is 0 Å². The number of carboxylic acids is 1. The van der Waals surface area contributed by atoms with Crippen LogP contribution in [-0.2, 0) is 29.0 Å². The van der Waals surface area contributed by atoms with E-state index in [0.29, 0.717) is 31.9 Å². The van der Waals surface area contributed by atoms with Crippen molar-refractivity contribution in [3.63, 3.8) is 0 Å². The maximum Gasteiger partial charge on any atom is 0.326 e. The third kappa shape index (κ3) is 8.26. The molecule has 1 atom stereocenters. The lowest BCUT2D eigenvalue weighted by atomic mass is 10.1. The van der Waals surface area contributed by atoms with Crippen molar-refractivity contribution in [1.29, 1.82) is 0 Å². The largest absolute Gasteiger partial charge is 0.487 e. The van der Waals surface area contributed by atoms with Crippen LogP contribution >= 0.6 is 43.5 Å². The van der Waals surface area contributed by atoms with Gasteiger partial charge >= 0.3 is 5.97 Å². The standard InChI is InChI=1S/C26H25Br2ClN2O4/c1-2-30-20-9-18(8-19(29)14-20)15-35-25-21(27)10-17(11-22(25)28)13-24(32)31-23(26(33)34)12-16-6-4-3-5-7-16/h3-11,14,23,30H,2,12-13,15H2,1H3,(H,31,32)(H,33,34)/t23-/m0/s1. The van der Waals surface area contributed by atoms with Crippen LogP contribution in [0.25, 0.3) is 0 Å². The molecular formula is C26H25Br2ClN2O4. The molecule has 0 aromatic heterocycles. The SMILES string of the molecule is CCNc1cc(Cl)cc(COc2c(Br)cc(CC(=O)N[C@@H](Cc3ccccc3)C(=O)O)cc2Br)c1. The predicted molar refractivity (Wildman–Crippen MR) is 145 cm³/mol. The molecule has 0 aliphatic heterocycles.